The third-order valence-corrected chi connectivity index (χ3v) is 5.55. The fourth-order valence-corrected chi connectivity index (χ4v) is 3.64. The number of hydrogen-bond acceptors (Lipinski definition) is 7. The SMILES string of the molecule is COc1ccc(/C=N/NC(=O)C2CC(c3ccc(OCc4ccccc4)c(OC)c3)NN2)cc1. The van der Waals surface area contributed by atoms with Gasteiger partial charge < -0.3 is 14.2 Å². The minimum absolute atomic E-state index is 0.0570. The number of amides is 1. The van der Waals surface area contributed by atoms with Crippen LogP contribution in [0.25, 0.3) is 0 Å². The summed E-state index contributed by atoms with van der Waals surface area (Å²) in [5.41, 5.74) is 11.7. The van der Waals surface area contributed by atoms with Crippen LogP contribution < -0.4 is 30.5 Å². The molecular formula is C26H28N4O4. The summed E-state index contributed by atoms with van der Waals surface area (Å²) in [5.74, 6) is 1.87. The van der Waals surface area contributed by atoms with Crippen molar-refractivity contribution in [1.82, 2.24) is 16.3 Å². The van der Waals surface area contributed by atoms with E-state index in [1.54, 1.807) is 20.4 Å². The van der Waals surface area contributed by atoms with Crippen LogP contribution in [0.5, 0.6) is 17.2 Å². The average Bonchev–Trinajstić information content (AvgIpc) is 3.39. The van der Waals surface area contributed by atoms with Gasteiger partial charge in [0.1, 0.15) is 18.4 Å². The molecule has 34 heavy (non-hydrogen) atoms. The number of hydrazone groups is 1. The Morgan fingerprint density at radius 2 is 1.79 bits per heavy atom. The van der Waals surface area contributed by atoms with E-state index in [2.05, 4.69) is 21.4 Å². The quantitative estimate of drug-likeness (QED) is 0.335. The van der Waals surface area contributed by atoms with Gasteiger partial charge in [0.15, 0.2) is 11.5 Å². The van der Waals surface area contributed by atoms with Crippen molar-refractivity contribution in [3.05, 3.63) is 89.5 Å². The number of hydrazine groups is 1. The van der Waals surface area contributed by atoms with Gasteiger partial charge in [0.05, 0.1) is 20.4 Å². The van der Waals surface area contributed by atoms with Crippen molar-refractivity contribution < 1.29 is 19.0 Å². The highest BCUT2D eigenvalue weighted by molar-refractivity contribution is 5.85. The molecular weight excluding hydrogens is 432 g/mol. The molecule has 176 valence electrons. The first-order valence-electron chi connectivity index (χ1n) is 11.0. The van der Waals surface area contributed by atoms with Crippen LogP contribution in [0.1, 0.15) is 29.2 Å². The lowest BCUT2D eigenvalue weighted by molar-refractivity contribution is -0.122. The lowest BCUT2D eigenvalue weighted by Gasteiger charge is -2.15. The summed E-state index contributed by atoms with van der Waals surface area (Å²) in [6.07, 6.45) is 2.16. The number of ether oxygens (including phenoxy) is 3. The largest absolute Gasteiger partial charge is 0.497 e. The minimum atomic E-state index is -0.419. The van der Waals surface area contributed by atoms with E-state index in [9.17, 15) is 4.79 Å². The summed E-state index contributed by atoms with van der Waals surface area (Å²) >= 11 is 0. The van der Waals surface area contributed by atoms with E-state index in [4.69, 9.17) is 14.2 Å². The molecule has 0 aliphatic carbocycles. The monoisotopic (exact) mass is 460 g/mol. The molecule has 0 saturated carbocycles. The first-order valence-corrected chi connectivity index (χ1v) is 11.0. The molecule has 0 aromatic heterocycles. The third kappa shape index (κ3) is 5.92. The normalized spacial score (nSPS) is 17.5. The number of benzene rings is 3. The van der Waals surface area contributed by atoms with Crippen molar-refractivity contribution in [2.75, 3.05) is 14.2 Å². The molecule has 1 aliphatic heterocycles. The summed E-state index contributed by atoms with van der Waals surface area (Å²) in [5, 5.41) is 4.05. The predicted octanol–water partition coefficient (Wildman–Crippen LogP) is 3.34. The van der Waals surface area contributed by atoms with Crippen LogP contribution in [0.4, 0.5) is 0 Å². The molecule has 0 bridgehead atoms. The van der Waals surface area contributed by atoms with E-state index in [-0.39, 0.29) is 11.9 Å². The lowest BCUT2D eigenvalue weighted by Crippen LogP contribution is -2.41. The summed E-state index contributed by atoms with van der Waals surface area (Å²) in [6, 6.07) is 22.7. The van der Waals surface area contributed by atoms with Gasteiger partial charge in [-0.05, 0) is 59.5 Å². The Labute approximate surface area is 198 Å². The number of carbonyl (C=O) groups is 1. The molecule has 2 unspecified atom stereocenters. The Kier molecular flexibility index (Phi) is 7.75. The molecule has 1 amide bonds. The van der Waals surface area contributed by atoms with Crippen molar-refractivity contribution in [3.8, 4) is 17.2 Å². The summed E-state index contributed by atoms with van der Waals surface area (Å²) in [7, 11) is 3.23. The number of methoxy groups -OCH3 is 2. The highest BCUT2D eigenvalue weighted by Gasteiger charge is 2.30. The summed E-state index contributed by atoms with van der Waals surface area (Å²) < 4.78 is 16.6. The maximum absolute atomic E-state index is 12.5. The van der Waals surface area contributed by atoms with Crippen molar-refractivity contribution >= 4 is 12.1 Å². The zero-order valence-corrected chi connectivity index (χ0v) is 19.2. The lowest BCUT2D eigenvalue weighted by atomic mass is 10.0. The number of nitrogens with one attached hydrogen (secondary N) is 3. The molecule has 1 saturated heterocycles. The molecule has 3 aromatic rings. The van der Waals surface area contributed by atoms with Gasteiger partial charge in [-0.2, -0.15) is 5.10 Å². The van der Waals surface area contributed by atoms with Gasteiger partial charge in [0.25, 0.3) is 5.91 Å². The van der Waals surface area contributed by atoms with Crippen LogP contribution >= 0.6 is 0 Å². The molecule has 2 atom stereocenters. The van der Waals surface area contributed by atoms with Crippen LogP contribution in [0.15, 0.2) is 77.9 Å². The van der Waals surface area contributed by atoms with Crippen LogP contribution in [-0.4, -0.2) is 32.4 Å². The molecule has 1 fully saturated rings. The molecule has 8 nitrogen and oxygen atoms in total. The molecule has 3 aromatic carbocycles. The fourth-order valence-electron chi connectivity index (χ4n) is 3.64. The second-order valence-corrected chi connectivity index (χ2v) is 7.82. The number of hydrogen-bond donors (Lipinski definition) is 3. The van der Waals surface area contributed by atoms with Crippen LogP contribution in [0.2, 0.25) is 0 Å². The Bertz CT molecular complexity index is 1120. The maximum atomic E-state index is 12.5. The second-order valence-electron chi connectivity index (χ2n) is 7.82. The molecule has 1 aliphatic rings. The highest BCUT2D eigenvalue weighted by Crippen LogP contribution is 2.33. The molecule has 8 heteroatoms. The van der Waals surface area contributed by atoms with Gasteiger partial charge >= 0.3 is 0 Å². The van der Waals surface area contributed by atoms with E-state index >= 15 is 0 Å². The van der Waals surface area contributed by atoms with Gasteiger partial charge in [-0.15, -0.1) is 0 Å². The van der Waals surface area contributed by atoms with Gasteiger partial charge in [-0.1, -0.05) is 36.4 Å². The van der Waals surface area contributed by atoms with Gasteiger partial charge in [-0.3, -0.25) is 4.79 Å². The highest BCUT2D eigenvalue weighted by atomic mass is 16.5. The van der Waals surface area contributed by atoms with Crippen molar-refractivity contribution in [2.24, 2.45) is 5.10 Å². The molecule has 4 rings (SSSR count). The Morgan fingerprint density at radius 1 is 1.00 bits per heavy atom. The van der Waals surface area contributed by atoms with Crippen molar-refractivity contribution in [2.45, 2.75) is 25.1 Å². The molecule has 0 spiro atoms. The number of rotatable bonds is 9. The number of nitrogens with zero attached hydrogens (tertiary/aromatic N) is 1. The van der Waals surface area contributed by atoms with E-state index < -0.39 is 6.04 Å². The van der Waals surface area contributed by atoms with Gasteiger partial charge in [0, 0.05) is 6.04 Å². The molecule has 3 N–H and O–H groups in total. The Hall–Kier alpha value is -3.88. The van der Waals surface area contributed by atoms with E-state index in [1.165, 1.54) is 0 Å². The molecule has 1 heterocycles. The smallest absolute Gasteiger partial charge is 0.258 e. The summed E-state index contributed by atoms with van der Waals surface area (Å²) in [4.78, 5) is 12.5. The van der Waals surface area contributed by atoms with Crippen LogP contribution in [0.3, 0.4) is 0 Å². The average molecular weight is 461 g/mol. The van der Waals surface area contributed by atoms with Crippen LogP contribution in [-0.2, 0) is 11.4 Å². The molecule has 0 radical (unpaired) electrons. The second kappa shape index (κ2) is 11.3. The maximum Gasteiger partial charge on any atom is 0.258 e. The minimum Gasteiger partial charge on any atom is -0.497 e. The zero-order chi connectivity index (χ0) is 23.8. The first kappa shape index (κ1) is 23.3. The van der Waals surface area contributed by atoms with Crippen molar-refractivity contribution in [1.29, 1.82) is 0 Å². The predicted molar refractivity (Wildman–Crippen MR) is 130 cm³/mol. The first-order chi connectivity index (χ1) is 16.7. The van der Waals surface area contributed by atoms with E-state index in [0.29, 0.717) is 24.5 Å². The Balaban J connectivity index is 1.31. The van der Waals surface area contributed by atoms with E-state index in [1.807, 2.05) is 72.8 Å². The van der Waals surface area contributed by atoms with Gasteiger partial charge in [0.2, 0.25) is 0 Å². The van der Waals surface area contributed by atoms with Crippen LogP contribution in [0, 0.1) is 0 Å². The number of carbonyl (C=O) groups excluding carboxylic acids is 1. The topological polar surface area (TPSA) is 93.2 Å². The Morgan fingerprint density at radius 3 is 2.53 bits per heavy atom. The van der Waals surface area contributed by atoms with Gasteiger partial charge in [-0.25, -0.2) is 16.3 Å². The third-order valence-electron chi connectivity index (χ3n) is 5.55. The standard InChI is InChI=1S/C26H28N4O4/c1-32-21-11-8-18(9-12-21)16-27-30-26(31)23-15-22(28-29-23)20-10-13-24(25(14-20)33-2)34-17-19-6-4-3-5-7-19/h3-14,16,22-23,28-29H,15,17H2,1-2H3,(H,30,31)/b27-16+. The van der Waals surface area contributed by atoms with E-state index in [0.717, 1.165) is 22.4 Å². The van der Waals surface area contributed by atoms with Crippen molar-refractivity contribution in [3.63, 3.8) is 0 Å². The zero-order valence-electron chi connectivity index (χ0n) is 19.2. The summed E-state index contributed by atoms with van der Waals surface area (Å²) in [6.45, 7) is 0.457. The fraction of sp³-hybridized carbons (Fsp3) is 0.231.